The van der Waals surface area contributed by atoms with Gasteiger partial charge in [0.1, 0.15) is 6.61 Å². The lowest BCUT2D eigenvalue weighted by Crippen LogP contribution is -2.47. The Labute approximate surface area is 347 Å². The van der Waals surface area contributed by atoms with E-state index in [1.807, 2.05) is 32.0 Å². The Kier molecular flexibility index (Phi) is 13.1. The van der Waals surface area contributed by atoms with Crippen LogP contribution in [0.3, 0.4) is 0 Å². The van der Waals surface area contributed by atoms with Crippen LogP contribution >= 0.6 is 0 Å². The fourth-order valence-electron chi connectivity index (χ4n) is 8.45. The third kappa shape index (κ3) is 8.43. The normalized spacial score (nSPS) is 18.1. The van der Waals surface area contributed by atoms with Crippen LogP contribution in [-0.2, 0) is 23.8 Å². The van der Waals surface area contributed by atoms with Crippen LogP contribution in [0.1, 0.15) is 112 Å². The monoisotopic (exact) mass is 820 g/mol. The molecule has 0 radical (unpaired) electrons. The highest BCUT2D eigenvalue weighted by atomic mass is 16.6. The van der Waals surface area contributed by atoms with Crippen molar-refractivity contribution in [1.29, 1.82) is 0 Å². The van der Waals surface area contributed by atoms with E-state index in [4.69, 9.17) is 34.5 Å². The van der Waals surface area contributed by atoms with E-state index in [1.54, 1.807) is 6.21 Å². The quantitative estimate of drug-likeness (QED) is 0.0241. The number of fused-ring (bicyclic) bond motifs is 8. The molecule has 0 aromatic carbocycles. The fraction of sp³-hybridized carbons (Fsp3) is 0.488. The molecule has 17 nitrogen and oxygen atoms in total. The van der Waals surface area contributed by atoms with Crippen molar-refractivity contribution < 1.29 is 33.4 Å². The lowest BCUT2D eigenvalue weighted by atomic mass is 9.84. The minimum absolute atomic E-state index is 0.124. The molecule has 316 valence electrons. The number of aromatic amines is 2. The van der Waals surface area contributed by atoms with E-state index in [9.17, 15) is 14.4 Å². The number of carbonyl (C=O) groups excluding carboxylic acids is 3. The first-order chi connectivity index (χ1) is 29.1. The second-order valence-electron chi connectivity index (χ2n) is 15.3. The van der Waals surface area contributed by atoms with Gasteiger partial charge in [-0.05, 0) is 79.6 Å². The standard InChI is InChI=1S/C43H52N10O7/c1-7-28-24(2)32-21-36-30(23-46-60-19-18-58-15-10-45-51-44)26(4)31(48-36)20-33-25(3)29(8-9-37(54)57-6)40(49-33)39-41-38(27(5)34(50-41)22-35(28)47-32)42(55)53(43(39)56)12-11-52-13-16-59-17-14-52/h20-23,25,29,48,50H,7-19H2,1-6H3/t25-,29-/m0/s1. The van der Waals surface area contributed by atoms with Crippen molar-refractivity contribution in [3.05, 3.63) is 79.2 Å². The maximum atomic E-state index is 14.9. The highest BCUT2D eigenvalue weighted by Gasteiger charge is 2.41. The third-order valence-electron chi connectivity index (χ3n) is 12.0. The molecule has 2 N–H and O–H groups in total. The third-order valence-corrected chi connectivity index (χ3v) is 12.0. The summed E-state index contributed by atoms with van der Waals surface area (Å²) in [5.41, 5.74) is 19.1. The van der Waals surface area contributed by atoms with E-state index in [-0.39, 0.29) is 63.0 Å². The van der Waals surface area contributed by atoms with E-state index in [0.29, 0.717) is 71.7 Å². The number of rotatable bonds is 15. The summed E-state index contributed by atoms with van der Waals surface area (Å²) in [6.45, 7) is 14.4. The van der Waals surface area contributed by atoms with Gasteiger partial charge in [-0.2, -0.15) is 0 Å². The topological polar surface area (TPSA) is 213 Å². The Bertz CT molecular complexity index is 2460. The van der Waals surface area contributed by atoms with Gasteiger partial charge < -0.3 is 29.0 Å². The first kappa shape index (κ1) is 42.3. The maximum Gasteiger partial charge on any atom is 0.305 e. The number of methoxy groups -OCH3 is 1. The SMILES string of the molecule is CCC1=C(C)c2cc3[nH]c(cc4nc(c5c6[nH]c(cc1n2)c(C)c6C(=O)N(CCN1CCOCC1)C5=O)[C@@H](CCC(=O)OC)[C@@H]4C)c(C)c3C=NOCCOCCN=[N+]=[N-]. The number of allylic oxidation sites excluding steroid dienone is 2. The summed E-state index contributed by atoms with van der Waals surface area (Å²) >= 11 is 0. The van der Waals surface area contributed by atoms with Crippen LogP contribution in [0, 0.1) is 13.8 Å². The first-order valence-electron chi connectivity index (χ1n) is 20.5. The van der Waals surface area contributed by atoms with Gasteiger partial charge in [0.2, 0.25) is 0 Å². The van der Waals surface area contributed by atoms with Crippen LogP contribution < -0.4 is 0 Å². The minimum Gasteiger partial charge on any atom is -0.469 e. The summed E-state index contributed by atoms with van der Waals surface area (Å²) in [5.74, 6) is -1.69. The minimum atomic E-state index is -0.420. The van der Waals surface area contributed by atoms with Crippen LogP contribution in [0.5, 0.6) is 0 Å². The van der Waals surface area contributed by atoms with Gasteiger partial charge in [-0.15, -0.1) is 0 Å². The van der Waals surface area contributed by atoms with Gasteiger partial charge in [0.05, 0.1) is 73.5 Å². The van der Waals surface area contributed by atoms with Gasteiger partial charge in [-0.25, -0.2) is 4.98 Å². The summed E-state index contributed by atoms with van der Waals surface area (Å²) in [6.07, 6.45) is 2.88. The molecule has 2 amide bonds. The number of aryl methyl sites for hydroxylation is 2. The zero-order chi connectivity index (χ0) is 42.5. The number of nitrogens with zero attached hydrogens (tertiary/aromatic N) is 8. The number of hydrogen-bond acceptors (Lipinski definition) is 12. The van der Waals surface area contributed by atoms with Crippen molar-refractivity contribution in [2.24, 2.45) is 10.3 Å². The number of morpholine rings is 1. The van der Waals surface area contributed by atoms with Gasteiger partial charge in [0.15, 0.2) is 0 Å². The molecule has 3 aromatic heterocycles. The van der Waals surface area contributed by atoms with Crippen molar-refractivity contribution in [1.82, 2.24) is 29.7 Å². The fourth-order valence-corrected chi connectivity index (χ4v) is 8.45. The molecule has 0 unspecified atom stereocenters. The van der Waals surface area contributed by atoms with E-state index in [1.165, 1.54) is 12.0 Å². The van der Waals surface area contributed by atoms with Gasteiger partial charge >= 0.3 is 5.97 Å². The van der Waals surface area contributed by atoms with Gasteiger partial charge in [-0.3, -0.25) is 29.2 Å². The summed E-state index contributed by atoms with van der Waals surface area (Å²) in [6, 6.07) is 5.96. The molecule has 2 atom stereocenters. The van der Waals surface area contributed by atoms with Crippen molar-refractivity contribution in [3.8, 4) is 0 Å². The summed E-state index contributed by atoms with van der Waals surface area (Å²) in [7, 11) is 1.36. The maximum absolute atomic E-state index is 14.9. The number of nitrogens with one attached hydrogen (secondary N) is 2. The van der Waals surface area contributed by atoms with E-state index >= 15 is 0 Å². The number of esters is 1. The number of aromatic nitrogens is 4. The Morgan fingerprint density at radius 1 is 0.983 bits per heavy atom. The molecular weight excluding hydrogens is 769 g/mol. The molecule has 1 saturated heterocycles. The number of oxime groups is 1. The molecule has 3 aromatic rings. The lowest BCUT2D eigenvalue weighted by molar-refractivity contribution is -0.140. The molecule has 7 heterocycles. The average Bonchev–Trinajstić information content (AvgIpc) is 3.92. The van der Waals surface area contributed by atoms with Gasteiger partial charge in [0.25, 0.3) is 11.8 Å². The van der Waals surface area contributed by atoms with Crippen molar-refractivity contribution in [2.75, 3.05) is 72.9 Å². The number of azide groups is 1. The molecule has 0 aliphatic carbocycles. The first-order valence-corrected chi connectivity index (χ1v) is 20.5. The smallest absolute Gasteiger partial charge is 0.305 e. The largest absolute Gasteiger partial charge is 0.469 e. The van der Waals surface area contributed by atoms with Crippen molar-refractivity contribution in [3.63, 3.8) is 0 Å². The lowest BCUT2D eigenvalue weighted by Gasteiger charge is -2.31. The molecule has 17 heteroatoms. The van der Waals surface area contributed by atoms with Crippen LogP contribution in [0.25, 0.3) is 43.7 Å². The summed E-state index contributed by atoms with van der Waals surface area (Å²) < 4.78 is 16.0. The van der Waals surface area contributed by atoms with Gasteiger partial charge in [-0.1, -0.05) is 24.1 Å². The Morgan fingerprint density at radius 3 is 2.48 bits per heavy atom. The summed E-state index contributed by atoms with van der Waals surface area (Å²) in [5, 5.41) is 7.73. The number of imide groups is 1. The zero-order valence-corrected chi connectivity index (χ0v) is 35.1. The Morgan fingerprint density at radius 2 is 1.73 bits per heavy atom. The van der Waals surface area contributed by atoms with Gasteiger partial charge in [0, 0.05) is 83.7 Å². The molecule has 1 fully saturated rings. The number of H-pyrrole nitrogens is 2. The molecule has 8 bridgehead atoms. The molecular formula is C43H52N10O7. The average molecular weight is 821 g/mol. The molecule has 60 heavy (non-hydrogen) atoms. The second kappa shape index (κ2) is 18.6. The van der Waals surface area contributed by atoms with Crippen LogP contribution in [-0.4, -0.2) is 127 Å². The molecule has 4 aliphatic heterocycles. The van der Waals surface area contributed by atoms with E-state index in [2.05, 4.69) is 50.8 Å². The highest BCUT2D eigenvalue weighted by Crippen LogP contribution is 2.44. The number of amides is 2. The van der Waals surface area contributed by atoms with Crippen molar-refractivity contribution in [2.45, 2.75) is 65.7 Å². The molecule has 0 saturated carbocycles. The number of hydrogen-bond donors (Lipinski definition) is 2. The second-order valence-corrected chi connectivity index (χ2v) is 15.3. The van der Waals surface area contributed by atoms with E-state index < -0.39 is 5.91 Å². The summed E-state index contributed by atoms with van der Waals surface area (Å²) in [4.78, 5) is 71.3. The Balaban J connectivity index is 1.44. The number of carbonyl (C=O) groups is 3. The highest BCUT2D eigenvalue weighted by molar-refractivity contribution is 6.23. The molecule has 7 rings (SSSR count). The molecule has 0 spiro atoms. The van der Waals surface area contributed by atoms with E-state index in [0.717, 1.165) is 57.8 Å². The number of ether oxygens (including phenoxy) is 3. The Hall–Kier alpha value is -5.87. The predicted octanol–water partition coefficient (Wildman–Crippen LogP) is 6.72. The zero-order valence-electron chi connectivity index (χ0n) is 35.1. The van der Waals surface area contributed by atoms with Crippen molar-refractivity contribution >= 4 is 57.2 Å². The van der Waals surface area contributed by atoms with Crippen LogP contribution in [0.4, 0.5) is 0 Å². The molecule has 4 aliphatic rings. The predicted molar refractivity (Wildman–Crippen MR) is 227 cm³/mol. The van der Waals surface area contributed by atoms with Crippen LogP contribution in [0.2, 0.25) is 0 Å². The van der Waals surface area contributed by atoms with Crippen LogP contribution in [0.15, 0.2) is 28.5 Å².